The molecule has 0 amide bonds. The van der Waals surface area contributed by atoms with Crippen LogP contribution < -0.4 is 10.6 Å². The fourth-order valence-electron chi connectivity index (χ4n) is 1.91. The van der Waals surface area contributed by atoms with Crippen LogP contribution >= 0.6 is 15.9 Å². The van der Waals surface area contributed by atoms with Gasteiger partial charge in [-0.3, -0.25) is 0 Å². The van der Waals surface area contributed by atoms with E-state index in [9.17, 15) is 0 Å². The Morgan fingerprint density at radius 1 is 1.47 bits per heavy atom. The van der Waals surface area contributed by atoms with Gasteiger partial charge in [0.1, 0.15) is 0 Å². The van der Waals surface area contributed by atoms with E-state index in [1.54, 1.807) is 0 Å². The lowest BCUT2D eigenvalue weighted by Gasteiger charge is -2.22. The van der Waals surface area contributed by atoms with E-state index in [0.29, 0.717) is 6.54 Å². The zero-order chi connectivity index (χ0) is 10.8. The Morgan fingerprint density at radius 3 is 2.80 bits per heavy atom. The molecular weight excluding hydrogens is 252 g/mol. The Morgan fingerprint density at radius 2 is 2.20 bits per heavy atom. The van der Waals surface area contributed by atoms with Gasteiger partial charge in [-0.2, -0.15) is 0 Å². The second-order valence-electron chi connectivity index (χ2n) is 4.15. The van der Waals surface area contributed by atoms with E-state index in [0.717, 1.165) is 16.9 Å². The van der Waals surface area contributed by atoms with Crippen molar-refractivity contribution in [3.05, 3.63) is 28.2 Å². The van der Waals surface area contributed by atoms with Crippen molar-refractivity contribution in [2.75, 3.05) is 18.5 Å². The molecule has 1 aromatic carbocycles. The smallest absolute Gasteiger partial charge is 0.0399 e. The molecule has 0 spiro atoms. The molecular formula is C12H17BrN2. The first-order chi connectivity index (χ1) is 7.22. The topological polar surface area (TPSA) is 29.3 Å². The second-order valence-corrected chi connectivity index (χ2v) is 5.07. The van der Waals surface area contributed by atoms with Crippen LogP contribution in [0.25, 0.3) is 0 Å². The molecule has 1 aliphatic carbocycles. The molecule has 0 radical (unpaired) electrons. The molecule has 0 heterocycles. The lowest BCUT2D eigenvalue weighted by Crippen LogP contribution is -2.21. The van der Waals surface area contributed by atoms with Crippen LogP contribution in [0.4, 0.5) is 5.69 Å². The highest BCUT2D eigenvalue weighted by molar-refractivity contribution is 9.10. The van der Waals surface area contributed by atoms with Gasteiger partial charge < -0.3 is 10.6 Å². The molecule has 15 heavy (non-hydrogen) atoms. The molecule has 0 aliphatic heterocycles. The Bertz CT molecular complexity index is 347. The molecule has 3 heteroatoms. The van der Waals surface area contributed by atoms with Crippen molar-refractivity contribution in [3.8, 4) is 0 Å². The minimum atomic E-state index is 0.710. The fraction of sp³-hybridized carbons (Fsp3) is 0.500. The average molecular weight is 269 g/mol. The third kappa shape index (κ3) is 2.52. The molecule has 1 aliphatic rings. The van der Waals surface area contributed by atoms with Crippen molar-refractivity contribution < 1.29 is 0 Å². The molecule has 0 aromatic heterocycles. The molecule has 2 rings (SSSR count). The zero-order valence-electron chi connectivity index (χ0n) is 9.04. The number of hydrogen-bond donors (Lipinski definition) is 1. The summed E-state index contributed by atoms with van der Waals surface area (Å²) >= 11 is 3.51. The summed E-state index contributed by atoms with van der Waals surface area (Å²) < 4.78 is 1.14. The van der Waals surface area contributed by atoms with Gasteiger partial charge in [-0.1, -0.05) is 15.9 Å². The van der Waals surface area contributed by atoms with E-state index in [2.05, 4.69) is 46.1 Å². The van der Waals surface area contributed by atoms with Crippen LogP contribution in [-0.2, 0) is 6.42 Å². The normalized spacial score (nSPS) is 15.4. The molecule has 1 saturated carbocycles. The maximum Gasteiger partial charge on any atom is 0.0399 e. The molecule has 2 nitrogen and oxygen atoms in total. The molecule has 82 valence electrons. The van der Waals surface area contributed by atoms with Crippen molar-refractivity contribution in [2.24, 2.45) is 5.73 Å². The molecule has 0 bridgehead atoms. The molecule has 1 fully saturated rings. The summed E-state index contributed by atoms with van der Waals surface area (Å²) in [6.07, 6.45) is 3.61. The molecule has 2 N–H and O–H groups in total. The van der Waals surface area contributed by atoms with E-state index in [1.165, 1.54) is 24.1 Å². The maximum atomic E-state index is 5.64. The maximum absolute atomic E-state index is 5.64. The van der Waals surface area contributed by atoms with Crippen molar-refractivity contribution in [1.29, 1.82) is 0 Å². The van der Waals surface area contributed by atoms with Crippen molar-refractivity contribution in [1.82, 2.24) is 0 Å². The van der Waals surface area contributed by atoms with Crippen LogP contribution in [-0.4, -0.2) is 19.6 Å². The summed E-state index contributed by atoms with van der Waals surface area (Å²) in [6.45, 7) is 0.710. The van der Waals surface area contributed by atoms with Crippen LogP contribution in [0, 0.1) is 0 Å². The van der Waals surface area contributed by atoms with Crippen LogP contribution in [0.15, 0.2) is 22.7 Å². The molecule has 0 saturated heterocycles. The number of benzene rings is 1. The van der Waals surface area contributed by atoms with Crippen LogP contribution in [0.5, 0.6) is 0 Å². The van der Waals surface area contributed by atoms with Gasteiger partial charge in [0.05, 0.1) is 0 Å². The van der Waals surface area contributed by atoms with Crippen LogP contribution in [0.2, 0.25) is 0 Å². The van der Waals surface area contributed by atoms with Gasteiger partial charge in [-0.15, -0.1) is 0 Å². The van der Waals surface area contributed by atoms with Crippen LogP contribution in [0.1, 0.15) is 18.4 Å². The van der Waals surface area contributed by atoms with E-state index in [4.69, 9.17) is 5.73 Å². The first-order valence-electron chi connectivity index (χ1n) is 5.43. The Kier molecular flexibility index (Phi) is 3.32. The van der Waals surface area contributed by atoms with E-state index >= 15 is 0 Å². The van der Waals surface area contributed by atoms with Gasteiger partial charge in [0.15, 0.2) is 0 Å². The van der Waals surface area contributed by atoms with Gasteiger partial charge in [-0.25, -0.2) is 0 Å². The average Bonchev–Trinajstić information content (AvgIpc) is 3.01. The number of nitrogens with zero attached hydrogens (tertiary/aromatic N) is 1. The highest BCUT2D eigenvalue weighted by atomic mass is 79.9. The molecule has 0 atom stereocenters. The highest BCUT2D eigenvalue weighted by Gasteiger charge is 2.27. The largest absolute Gasteiger partial charge is 0.371 e. The fourth-order valence-corrected chi connectivity index (χ4v) is 2.32. The monoisotopic (exact) mass is 268 g/mol. The summed E-state index contributed by atoms with van der Waals surface area (Å²) in [4.78, 5) is 2.39. The zero-order valence-corrected chi connectivity index (χ0v) is 10.6. The summed E-state index contributed by atoms with van der Waals surface area (Å²) in [5.74, 6) is 0. The van der Waals surface area contributed by atoms with Crippen molar-refractivity contribution in [3.63, 3.8) is 0 Å². The highest BCUT2D eigenvalue weighted by Crippen LogP contribution is 2.33. The number of rotatable bonds is 4. The summed E-state index contributed by atoms with van der Waals surface area (Å²) in [5, 5.41) is 0. The summed E-state index contributed by atoms with van der Waals surface area (Å²) in [5.41, 5.74) is 8.32. The third-order valence-corrected chi connectivity index (χ3v) is 3.42. The number of anilines is 1. The van der Waals surface area contributed by atoms with Crippen molar-refractivity contribution in [2.45, 2.75) is 25.3 Å². The van der Waals surface area contributed by atoms with Gasteiger partial charge in [0.2, 0.25) is 0 Å². The SMILES string of the molecule is CN(c1ccc(Br)cc1CCN)C1CC1. The van der Waals surface area contributed by atoms with E-state index < -0.39 is 0 Å². The Labute approximate surface area is 99.6 Å². The predicted molar refractivity (Wildman–Crippen MR) is 68.3 cm³/mol. The Balaban J connectivity index is 2.27. The van der Waals surface area contributed by atoms with Gasteiger partial charge in [0.25, 0.3) is 0 Å². The van der Waals surface area contributed by atoms with Crippen LogP contribution in [0.3, 0.4) is 0 Å². The van der Waals surface area contributed by atoms with E-state index in [-0.39, 0.29) is 0 Å². The minimum absolute atomic E-state index is 0.710. The van der Waals surface area contributed by atoms with Crippen molar-refractivity contribution >= 4 is 21.6 Å². The first kappa shape index (κ1) is 11.0. The molecule has 1 aromatic rings. The van der Waals surface area contributed by atoms with Gasteiger partial charge in [-0.05, 0) is 49.6 Å². The number of hydrogen-bond acceptors (Lipinski definition) is 2. The number of nitrogens with two attached hydrogens (primary N) is 1. The standard InChI is InChI=1S/C12H17BrN2/c1-15(11-3-4-11)12-5-2-10(13)8-9(12)6-7-14/h2,5,8,11H,3-4,6-7,14H2,1H3. The minimum Gasteiger partial charge on any atom is -0.371 e. The lowest BCUT2D eigenvalue weighted by molar-refractivity contribution is 0.887. The summed E-state index contributed by atoms with van der Waals surface area (Å²) in [6, 6.07) is 7.23. The molecule has 0 unspecified atom stereocenters. The van der Waals surface area contributed by atoms with E-state index in [1.807, 2.05) is 0 Å². The quantitative estimate of drug-likeness (QED) is 0.910. The number of halogens is 1. The second kappa shape index (κ2) is 4.54. The first-order valence-corrected chi connectivity index (χ1v) is 6.23. The Hall–Kier alpha value is -0.540. The lowest BCUT2D eigenvalue weighted by atomic mass is 10.1. The van der Waals surface area contributed by atoms with Gasteiger partial charge in [0, 0.05) is 23.2 Å². The third-order valence-electron chi connectivity index (χ3n) is 2.93. The van der Waals surface area contributed by atoms with Gasteiger partial charge >= 0.3 is 0 Å². The summed E-state index contributed by atoms with van der Waals surface area (Å²) in [7, 11) is 2.18. The predicted octanol–water partition coefficient (Wildman–Crippen LogP) is 2.55.